The zero-order valence-corrected chi connectivity index (χ0v) is 12.9. The number of benzene rings is 2. The molecule has 0 aliphatic rings. The van der Waals surface area contributed by atoms with Crippen molar-refractivity contribution in [2.45, 2.75) is 9.79 Å². The summed E-state index contributed by atoms with van der Waals surface area (Å²) in [6.07, 6.45) is 0. The Morgan fingerprint density at radius 3 is 1.45 bits per heavy atom. The lowest BCUT2D eigenvalue weighted by atomic mass is 10.3. The van der Waals surface area contributed by atoms with Crippen LogP contribution in [0.1, 0.15) is 0 Å². The molecule has 0 saturated carbocycles. The van der Waals surface area contributed by atoms with E-state index in [0.717, 1.165) is 21.3 Å². The second-order valence-corrected chi connectivity index (χ2v) is 7.89. The number of hydrogen-bond acceptors (Lipinski definition) is 3. The molecule has 0 aliphatic carbocycles. The van der Waals surface area contributed by atoms with Crippen molar-refractivity contribution in [1.29, 1.82) is 0 Å². The maximum absolute atomic E-state index is 11.7. The van der Waals surface area contributed by atoms with Crippen LogP contribution < -0.4 is 9.47 Å². The molecule has 0 heterocycles. The number of methoxy groups -OCH3 is 2. The zero-order chi connectivity index (χ0) is 14.5. The molecule has 2 rings (SSSR count). The Labute approximate surface area is 121 Å². The molecular weight excluding hydrogens is 296 g/mol. The monoisotopic (exact) mass is 312 g/mol. The van der Waals surface area contributed by atoms with Crippen LogP contribution in [0.15, 0.2) is 58.3 Å². The fourth-order valence-corrected chi connectivity index (χ4v) is 4.96. The number of rotatable bonds is 4. The van der Waals surface area contributed by atoms with E-state index in [-0.39, 0.29) is 0 Å². The Morgan fingerprint density at radius 2 is 1.20 bits per heavy atom. The third kappa shape index (κ3) is 3.33. The summed E-state index contributed by atoms with van der Waals surface area (Å²) >= 11 is 0. The molecule has 0 spiro atoms. The molecule has 20 heavy (non-hydrogen) atoms. The first-order valence-corrected chi connectivity index (χ1v) is 8.88. The van der Waals surface area contributed by atoms with Gasteiger partial charge in [0.05, 0.1) is 14.2 Å². The molecule has 1 unspecified atom stereocenters. The summed E-state index contributed by atoms with van der Waals surface area (Å²) in [6, 6.07) is 14.4. The van der Waals surface area contributed by atoms with E-state index in [1.54, 1.807) is 38.5 Å². The van der Waals surface area contributed by atoms with Gasteiger partial charge >= 0.3 is 0 Å². The molecule has 4 nitrogen and oxygen atoms in total. The fourth-order valence-electron chi connectivity index (χ4n) is 1.73. The third-order valence-corrected chi connectivity index (χ3v) is 6.67. The van der Waals surface area contributed by atoms with Crippen LogP contribution in [-0.2, 0) is 19.1 Å². The van der Waals surface area contributed by atoms with E-state index in [2.05, 4.69) is 0 Å². The van der Waals surface area contributed by atoms with E-state index < -0.39 is 19.1 Å². The SMILES string of the molecule is COc1ccc(S(c2ccc(OC)cc2)=[SH](=O)O)cc1. The average Bonchev–Trinajstić information content (AvgIpc) is 2.48. The maximum Gasteiger partial charge on any atom is 0.118 e. The quantitative estimate of drug-likeness (QED) is 0.852. The minimum atomic E-state index is -2.35. The fraction of sp³-hybridized carbons (Fsp3) is 0.143. The Kier molecular flexibility index (Phi) is 5.05. The van der Waals surface area contributed by atoms with Crippen LogP contribution in [0.4, 0.5) is 0 Å². The minimum Gasteiger partial charge on any atom is -0.497 e. The molecule has 0 aliphatic heterocycles. The van der Waals surface area contributed by atoms with Gasteiger partial charge in [-0.1, -0.05) is 0 Å². The van der Waals surface area contributed by atoms with Crippen LogP contribution in [0.25, 0.3) is 0 Å². The van der Waals surface area contributed by atoms with E-state index >= 15 is 0 Å². The zero-order valence-electron chi connectivity index (χ0n) is 11.1. The molecule has 0 saturated heterocycles. The van der Waals surface area contributed by atoms with E-state index in [0.29, 0.717) is 0 Å². The topological polar surface area (TPSA) is 55.8 Å². The van der Waals surface area contributed by atoms with Gasteiger partial charge in [-0.2, -0.15) is 0 Å². The van der Waals surface area contributed by atoms with Crippen LogP contribution in [0.3, 0.4) is 0 Å². The van der Waals surface area contributed by atoms with Crippen molar-refractivity contribution in [2.75, 3.05) is 14.2 Å². The van der Waals surface area contributed by atoms with Crippen molar-refractivity contribution >= 4 is 19.1 Å². The van der Waals surface area contributed by atoms with Crippen LogP contribution in [0.2, 0.25) is 0 Å². The summed E-state index contributed by atoms with van der Waals surface area (Å²) in [6.45, 7) is 0. The maximum atomic E-state index is 11.7. The van der Waals surface area contributed by atoms with Crippen molar-refractivity contribution in [3.05, 3.63) is 48.5 Å². The summed E-state index contributed by atoms with van der Waals surface area (Å²) < 4.78 is 31.5. The van der Waals surface area contributed by atoms with Crippen molar-refractivity contribution in [2.24, 2.45) is 0 Å². The molecule has 0 amide bonds. The molecule has 0 radical (unpaired) electrons. The Morgan fingerprint density at radius 1 is 0.850 bits per heavy atom. The van der Waals surface area contributed by atoms with Crippen LogP contribution in [-0.4, -0.2) is 23.0 Å². The summed E-state index contributed by atoms with van der Waals surface area (Å²) in [5, 5.41) is 0. The van der Waals surface area contributed by atoms with Gasteiger partial charge in [0.15, 0.2) is 0 Å². The van der Waals surface area contributed by atoms with Crippen LogP contribution in [0.5, 0.6) is 11.5 Å². The Balaban J connectivity index is 2.45. The third-order valence-electron chi connectivity index (χ3n) is 2.72. The average molecular weight is 312 g/mol. The lowest BCUT2D eigenvalue weighted by Crippen LogP contribution is -1.97. The van der Waals surface area contributed by atoms with Crippen LogP contribution >= 0.6 is 0 Å². The van der Waals surface area contributed by atoms with Crippen molar-refractivity contribution in [3.63, 3.8) is 0 Å². The predicted octanol–water partition coefficient (Wildman–Crippen LogP) is 2.61. The first-order valence-electron chi connectivity index (χ1n) is 5.84. The van der Waals surface area contributed by atoms with Gasteiger partial charge in [0.2, 0.25) is 0 Å². The van der Waals surface area contributed by atoms with Gasteiger partial charge in [0, 0.05) is 9.79 Å². The van der Waals surface area contributed by atoms with E-state index in [4.69, 9.17) is 9.47 Å². The van der Waals surface area contributed by atoms with Crippen LogP contribution in [0, 0.1) is 0 Å². The van der Waals surface area contributed by atoms with Crippen molar-refractivity contribution < 1.29 is 18.2 Å². The molecule has 2 aromatic carbocycles. The van der Waals surface area contributed by atoms with E-state index in [1.807, 2.05) is 24.3 Å². The normalized spacial score (nSPS) is 12.2. The first kappa shape index (κ1) is 14.9. The van der Waals surface area contributed by atoms with Gasteiger partial charge in [0.1, 0.15) is 21.1 Å². The van der Waals surface area contributed by atoms with Gasteiger partial charge < -0.3 is 14.0 Å². The van der Waals surface area contributed by atoms with Gasteiger partial charge in [-0.3, -0.25) is 0 Å². The summed E-state index contributed by atoms with van der Waals surface area (Å²) in [5.74, 6) is 1.44. The van der Waals surface area contributed by atoms with Gasteiger partial charge in [-0.25, -0.2) is 4.21 Å². The second kappa shape index (κ2) is 6.78. The highest BCUT2D eigenvalue weighted by Gasteiger charge is 2.07. The Bertz CT molecular complexity index is 607. The largest absolute Gasteiger partial charge is 0.497 e. The summed E-state index contributed by atoms with van der Waals surface area (Å²) in [7, 11) is -0.0417. The number of ether oxygens (including phenoxy) is 2. The predicted molar refractivity (Wildman–Crippen MR) is 82.1 cm³/mol. The van der Waals surface area contributed by atoms with Crippen molar-refractivity contribution in [1.82, 2.24) is 0 Å². The van der Waals surface area contributed by atoms with E-state index in [9.17, 15) is 8.76 Å². The summed E-state index contributed by atoms with van der Waals surface area (Å²) in [4.78, 5) is 1.61. The number of thiol groups is 1. The molecule has 6 heteroatoms. The molecule has 0 bridgehead atoms. The molecule has 0 aromatic heterocycles. The molecule has 108 valence electrons. The number of hydrogen-bond donors (Lipinski definition) is 2. The molecule has 2 aromatic rings. The molecular formula is C14H16O4S2. The molecule has 1 atom stereocenters. The summed E-state index contributed by atoms with van der Waals surface area (Å²) in [5.41, 5.74) is 0. The minimum absolute atomic E-state index is 0.722. The lowest BCUT2D eigenvalue weighted by molar-refractivity contribution is 0.414. The van der Waals surface area contributed by atoms with Gasteiger partial charge in [0.25, 0.3) is 0 Å². The van der Waals surface area contributed by atoms with Gasteiger partial charge in [-0.15, -0.1) is 0 Å². The molecule has 1 N–H and O–H groups in total. The van der Waals surface area contributed by atoms with Gasteiger partial charge in [-0.05, 0) is 58.0 Å². The highest BCUT2D eigenvalue weighted by molar-refractivity contribution is 8.36. The smallest absolute Gasteiger partial charge is 0.118 e. The highest BCUT2D eigenvalue weighted by Crippen LogP contribution is 2.23. The highest BCUT2D eigenvalue weighted by atomic mass is 32.9. The van der Waals surface area contributed by atoms with Crippen molar-refractivity contribution in [3.8, 4) is 11.5 Å². The lowest BCUT2D eigenvalue weighted by Gasteiger charge is -2.10. The molecule has 0 fully saturated rings. The standard InChI is InChI=1S/C14H16O4S2/c1-17-11-3-7-13(8-4-11)19(20(15)16)14-9-5-12(18-2)6-10-14/h3-10,20H,1-2H3,(H,15,16). The second-order valence-electron chi connectivity index (χ2n) is 3.87. The van der Waals surface area contributed by atoms with E-state index in [1.165, 1.54) is 0 Å². The Hall–Kier alpha value is -1.50. The first-order chi connectivity index (χ1) is 9.65.